The van der Waals surface area contributed by atoms with Gasteiger partial charge < -0.3 is 4.74 Å². The lowest BCUT2D eigenvalue weighted by molar-refractivity contribution is 0.0461. The Bertz CT molecular complexity index is 1200. The van der Waals surface area contributed by atoms with Crippen LogP contribution in [0.4, 0.5) is 0 Å². The summed E-state index contributed by atoms with van der Waals surface area (Å²) in [5.41, 5.74) is 1.61. The number of esters is 1. The third-order valence-electron chi connectivity index (χ3n) is 4.28. The first-order valence-corrected chi connectivity index (χ1v) is 9.72. The smallest absolute Gasteiger partial charge is 0.359 e. The van der Waals surface area contributed by atoms with Gasteiger partial charge in [-0.25, -0.2) is 14.5 Å². The fourth-order valence-electron chi connectivity index (χ4n) is 2.89. The largest absolute Gasteiger partial charge is 0.454 e. The van der Waals surface area contributed by atoms with E-state index >= 15 is 0 Å². The van der Waals surface area contributed by atoms with Crippen LogP contribution in [0.3, 0.4) is 0 Å². The Morgan fingerprint density at radius 1 is 1.07 bits per heavy atom. The number of benzene rings is 2. The van der Waals surface area contributed by atoms with Crippen LogP contribution in [0.2, 0.25) is 0 Å². The van der Waals surface area contributed by atoms with Gasteiger partial charge in [-0.3, -0.25) is 4.79 Å². The highest BCUT2D eigenvalue weighted by Crippen LogP contribution is 2.24. The van der Waals surface area contributed by atoms with Crippen LogP contribution < -0.4 is 5.56 Å². The number of aromatic nitrogens is 3. The molecule has 2 heterocycles. The molecule has 2 aromatic heterocycles. The minimum atomic E-state index is -0.576. The number of ether oxygens (including phenoxy) is 1. The molecule has 0 radical (unpaired) electrons. The Morgan fingerprint density at radius 3 is 2.54 bits per heavy atom. The molecule has 0 aliphatic heterocycles. The number of carbonyl (C=O) groups excluding carboxylic acids is 1. The first-order valence-electron chi connectivity index (χ1n) is 8.84. The Morgan fingerprint density at radius 2 is 1.79 bits per heavy atom. The molecule has 0 atom stereocenters. The molecule has 7 heteroatoms. The van der Waals surface area contributed by atoms with E-state index in [1.54, 1.807) is 31.2 Å². The van der Waals surface area contributed by atoms with Gasteiger partial charge in [0.1, 0.15) is 11.6 Å². The summed E-state index contributed by atoms with van der Waals surface area (Å²) in [4.78, 5) is 29.6. The Kier molecular flexibility index (Phi) is 4.99. The number of nitrogens with zero attached hydrogens (tertiary/aromatic N) is 3. The highest BCUT2D eigenvalue weighted by Gasteiger charge is 2.18. The molecule has 0 bridgehead atoms. The molecule has 0 unspecified atom stereocenters. The summed E-state index contributed by atoms with van der Waals surface area (Å²) in [7, 11) is 0. The van der Waals surface area contributed by atoms with E-state index in [4.69, 9.17) is 4.74 Å². The van der Waals surface area contributed by atoms with Gasteiger partial charge in [0.2, 0.25) is 0 Å². The van der Waals surface area contributed by atoms with Crippen molar-refractivity contribution in [2.75, 3.05) is 0 Å². The predicted octanol–water partition coefficient (Wildman–Crippen LogP) is 3.90. The fourth-order valence-corrected chi connectivity index (χ4v) is 3.71. The fraction of sp³-hybridized carbons (Fsp3) is 0.143. The molecule has 140 valence electrons. The summed E-state index contributed by atoms with van der Waals surface area (Å²) in [6.45, 7) is 2.22. The monoisotopic (exact) mass is 391 g/mol. The topological polar surface area (TPSA) is 74.1 Å². The highest BCUT2D eigenvalue weighted by molar-refractivity contribution is 7.13. The van der Waals surface area contributed by atoms with Crippen molar-refractivity contribution in [1.29, 1.82) is 0 Å². The summed E-state index contributed by atoms with van der Waals surface area (Å²) < 4.78 is 6.71. The number of carbonyl (C=O) groups is 1. The predicted molar refractivity (Wildman–Crippen MR) is 108 cm³/mol. The van der Waals surface area contributed by atoms with Crippen LogP contribution in [-0.2, 0) is 17.9 Å². The molecule has 6 nitrogen and oxygen atoms in total. The van der Waals surface area contributed by atoms with Crippen LogP contribution in [0.1, 0.15) is 23.1 Å². The van der Waals surface area contributed by atoms with Crippen molar-refractivity contribution in [3.8, 4) is 10.6 Å². The van der Waals surface area contributed by atoms with Gasteiger partial charge in [0.05, 0.1) is 11.1 Å². The molecule has 0 saturated heterocycles. The van der Waals surface area contributed by atoms with Gasteiger partial charge in [-0.1, -0.05) is 48.5 Å². The van der Waals surface area contributed by atoms with Crippen LogP contribution in [0, 0.1) is 0 Å². The summed E-state index contributed by atoms with van der Waals surface area (Å²) in [6.07, 6.45) is 0. The summed E-state index contributed by atoms with van der Waals surface area (Å²) in [5, 5.41) is 7.88. The normalized spacial score (nSPS) is 10.9. The van der Waals surface area contributed by atoms with Crippen molar-refractivity contribution in [1.82, 2.24) is 14.8 Å². The Hall–Kier alpha value is -3.32. The van der Waals surface area contributed by atoms with E-state index in [0.29, 0.717) is 23.0 Å². The van der Waals surface area contributed by atoms with E-state index in [0.717, 1.165) is 10.6 Å². The standard InChI is InChI=1S/C21H17N3O3S/c1-2-24-20(25)17-11-7-6-10-16(17)18(23-24)21(26)27-12-15-13-28-19(22-15)14-8-4-3-5-9-14/h3-11,13H,2,12H2,1H3. The minimum Gasteiger partial charge on any atom is -0.454 e. The molecule has 0 N–H and O–H groups in total. The molecule has 0 aliphatic rings. The lowest BCUT2D eigenvalue weighted by Gasteiger charge is -2.09. The SMILES string of the molecule is CCn1nc(C(=O)OCc2csc(-c3ccccc3)n2)c2ccccc2c1=O. The number of hydrogen-bond donors (Lipinski definition) is 0. The van der Waals surface area contributed by atoms with E-state index in [2.05, 4.69) is 10.1 Å². The zero-order valence-electron chi connectivity index (χ0n) is 15.2. The molecule has 0 saturated carbocycles. The van der Waals surface area contributed by atoms with Crippen LogP contribution >= 0.6 is 11.3 Å². The van der Waals surface area contributed by atoms with E-state index < -0.39 is 5.97 Å². The average molecular weight is 391 g/mol. The van der Waals surface area contributed by atoms with Crippen molar-refractivity contribution in [2.45, 2.75) is 20.1 Å². The Labute approximate surface area is 165 Å². The zero-order chi connectivity index (χ0) is 19.5. The molecule has 4 aromatic rings. The molecule has 0 spiro atoms. The van der Waals surface area contributed by atoms with Crippen molar-refractivity contribution in [3.05, 3.63) is 81.7 Å². The zero-order valence-corrected chi connectivity index (χ0v) is 16.0. The second-order valence-corrected chi connectivity index (χ2v) is 6.96. The average Bonchev–Trinajstić information content (AvgIpc) is 3.22. The minimum absolute atomic E-state index is 0.0451. The van der Waals surface area contributed by atoms with Crippen molar-refractivity contribution < 1.29 is 9.53 Å². The van der Waals surface area contributed by atoms with Gasteiger partial charge in [-0.2, -0.15) is 5.10 Å². The van der Waals surface area contributed by atoms with Crippen molar-refractivity contribution in [3.63, 3.8) is 0 Å². The lowest BCUT2D eigenvalue weighted by atomic mass is 10.1. The molecular weight excluding hydrogens is 374 g/mol. The summed E-state index contributed by atoms with van der Waals surface area (Å²) in [5.74, 6) is -0.576. The van der Waals surface area contributed by atoms with Gasteiger partial charge in [-0.05, 0) is 13.0 Å². The second-order valence-electron chi connectivity index (χ2n) is 6.10. The third kappa shape index (κ3) is 3.44. The van der Waals surface area contributed by atoms with Crippen molar-refractivity contribution >= 4 is 28.1 Å². The molecule has 2 aromatic carbocycles. The molecule has 4 rings (SSSR count). The maximum atomic E-state index is 12.7. The van der Waals surface area contributed by atoms with Crippen LogP contribution in [0.15, 0.2) is 64.8 Å². The van der Waals surface area contributed by atoms with E-state index in [1.807, 2.05) is 35.7 Å². The molecular formula is C21H17N3O3S. The van der Waals surface area contributed by atoms with Crippen molar-refractivity contribution in [2.24, 2.45) is 0 Å². The number of hydrogen-bond acceptors (Lipinski definition) is 6. The quantitative estimate of drug-likeness (QED) is 0.483. The van der Waals surface area contributed by atoms with E-state index in [1.165, 1.54) is 16.0 Å². The summed E-state index contributed by atoms with van der Waals surface area (Å²) in [6, 6.07) is 16.8. The van der Waals surface area contributed by atoms with Gasteiger partial charge in [0, 0.05) is 22.9 Å². The third-order valence-corrected chi connectivity index (χ3v) is 5.22. The lowest BCUT2D eigenvalue weighted by Crippen LogP contribution is -2.25. The van der Waals surface area contributed by atoms with Gasteiger partial charge in [-0.15, -0.1) is 11.3 Å². The maximum absolute atomic E-state index is 12.7. The molecule has 28 heavy (non-hydrogen) atoms. The van der Waals surface area contributed by atoms with E-state index in [9.17, 15) is 9.59 Å². The van der Waals surface area contributed by atoms with Gasteiger partial charge in [0.15, 0.2) is 5.69 Å². The van der Waals surface area contributed by atoms with Crippen LogP contribution in [0.5, 0.6) is 0 Å². The summed E-state index contributed by atoms with van der Waals surface area (Å²) >= 11 is 1.50. The van der Waals surface area contributed by atoms with E-state index in [-0.39, 0.29) is 17.9 Å². The Balaban J connectivity index is 1.57. The van der Waals surface area contributed by atoms with Crippen LogP contribution in [-0.4, -0.2) is 20.7 Å². The number of rotatable bonds is 5. The number of aryl methyl sites for hydroxylation is 1. The molecule has 0 fully saturated rings. The van der Waals surface area contributed by atoms with Gasteiger partial charge >= 0.3 is 5.97 Å². The maximum Gasteiger partial charge on any atom is 0.359 e. The number of thiazole rings is 1. The van der Waals surface area contributed by atoms with Crippen LogP contribution in [0.25, 0.3) is 21.3 Å². The second kappa shape index (κ2) is 7.74. The molecule has 0 aliphatic carbocycles. The van der Waals surface area contributed by atoms with Gasteiger partial charge in [0.25, 0.3) is 5.56 Å². The molecule has 0 amide bonds. The highest BCUT2D eigenvalue weighted by atomic mass is 32.1. The first-order chi connectivity index (χ1) is 13.7. The first kappa shape index (κ1) is 18.1. The number of fused-ring (bicyclic) bond motifs is 1.